The highest BCUT2D eigenvalue weighted by atomic mass is 19.1. The smallest absolute Gasteiger partial charge is 0.220 e. The van der Waals surface area contributed by atoms with Gasteiger partial charge >= 0.3 is 0 Å². The molecule has 0 fully saturated rings. The van der Waals surface area contributed by atoms with E-state index in [4.69, 9.17) is 0 Å². The van der Waals surface area contributed by atoms with Gasteiger partial charge in [-0.25, -0.2) is 4.39 Å². The molecule has 0 radical (unpaired) electrons. The average Bonchev–Trinajstić information content (AvgIpc) is 3.12. The van der Waals surface area contributed by atoms with Crippen LogP contribution in [-0.4, -0.2) is 10.5 Å². The van der Waals surface area contributed by atoms with Gasteiger partial charge in [0.15, 0.2) is 0 Å². The summed E-state index contributed by atoms with van der Waals surface area (Å²) in [6, 6.07) is 24.8. The maximum absolute atomic E-state index is 14.1. The Bertz CT molecular complexity index is 1150. The molecule has 0 bridgehead atoms. The van der Waals surface area contributed by atoms with Crippen molar-refractivity contribution in [3.8, 4) is 0 Å². The first kappa shape index (κ1) is 19.9. The standard InChI is InChI=1S/C26H25FN2O/c1-19(20-9-3-2-4-10-20)28-26(30)16-15-21-17-29(25-14-8-6-12-23(21)25)18-22-11-5-7-13-24(22)27/h2-14,17,19H,15-16,18H2,1H3,(H,28,30)/t19-/m0/s1. The highest BCUT2D eigenvalue weighted by Crippen LogP contribution is 2.24. The number of carbonyl (C=O) groups is 1. The predicted octanol–water partition coefficient (Wildman–Crippen LogP) is 5.64. The van der Waals surface area contributed by atoms with Gasteiger partial charge in [0, 0.05) is 29.1 Å². The SMILES string of the molecule is C[C@H](NC(=O)CCc1cn(Cc2ccccc2F)c2ccccc12)c1ccccc1. The molecule has 4 rings (SSSR count). The van der Waals surface area contributed by atoms with Crippen molar-refractivity contribution in [3.05, 3.63) is 108 Å². The summed E-state index contributed by atoms with van der Waals surface area (Å²) in [7, 11) is 0. The molecule has 0 aliphatic heterocycles. The summed E-state index contributed by atoms with van der Waals surface area (Å²) < 4.78 is 16.2. The molecule has 152 valence electrons. The Kier molecular flexibility index (Phi) is 5.94. The van der Waals surface area contributed by atoms with Crippen LogP contribution in [0.15, 0.2) is 85.1 Å². The topological polar surface area (TPSA) is 34.0 Å². The molecule has 0 aliphatic carbocycles. The molecule has 4 heteroatoms. The van der Waals surface area contributed by atoms with E-state index in [1.54, 1.807) is 6.07 Å². The first-order valence-corrected chi connectivity index (χ1v) is 10.3. The molecule has 0 aliphatic rings. The van der Waals surface area contributed by atoms with E-state index in [1.165, 1.54) is 6.07 Å². The van der Waals surface area contributed by atoms with Gasteiger partial charge in [0.05, 0.1) is 12.6 Å². The number of aromatic nitrogens is 1. The van der Waals surface area contributed by atoms with Crippen LogP contribution in [0.25, 0.3) is 10.9 Å². The van der Waals surface area contributed by atoms with Crippen molar-refractivity contribution in [2.45, 2.75) is 32.4 Å². The van der Waals surface area contributed by atoms with Crippen LogP contribution in [0.1, 0.15) is 36.1 Å². The Balaban J connectivity index is 1.48. The van der Waals surface area contributed by atoms with Crippen LogP contribution in [0, 0.1) is 5.82 Å². The lowest BCUT2D eigenvalue weighted by Gasteiger charge is -2.14. The van der Waals surface area contributed by atoms with Crippen molar-refractivity contribution in [2.24, 2.45) is 0 Å². The van der Waals surface area contributed by atoms with Gasteiger partial charge < -0.3 is 9.88 Å². The number of carbonyl (C=O) groups excluding carboxylic acids is 1. The van der Waals surface area contributed by atoms with Gasteiger partial charge in [-0.15, -0.1) is 0 Å². The normalized spacial score (nSPS) is 12.1. The lowest BCUT2D eigenvalue weighted by molar-refractivity contribution is -0.121. The largest absolute Gasteiger partial charge is 0.350 e. The van der Waals surface area contributed by atoms with Crippen molar-refractivity contribution >= 4 is 16.8 Å². The molecule has 0 saturated carbocycles. The van der Waals surface area contributed by atoms with Gasteiger partial charge in [0.1, 0.15) is 5.82 Å². The number of nitrogens with zero attached hydrogens (tertiary/aromatic N) is 1. The molecule has 1 N–H and O–H groups in total. The molecule has 0 saturated heterocycles. The van der Waals surface area contributed by atoms with Crippen LogP contribution in [-0.2, 0) is 17.8 Å². The molecule has 1 aromatic heterocycles. The monoisotopic (exact) mass is 400 g/mol. The third kappa shape index (κ3) is 4.43. The van der Waals surface area contributed by atoms with E-state index in [2.05, 4.69) is 16.0 Å². The minimum Gasteiger partial charge on any atom is -0.350 e. The Morgan fingerprint density at radius 3 is 2.43 bits per heavy atom. The van der Waals surface area contributed by atoms with Crippen molar-refractivity contribution in [1.82, 2.24) is 9.88 Å². The van der Waals surface area contributed by atoms with Crippen LogP contribution in [0.4, 0.5) is 4.39 Å². The number of aryl methyl sites for hydroxylation is 1. The zero-order valence-corrected chi connectivity index (χ0v) is 17.0. The fourth-order valence-electron chi connectivity index (χ4n) is 3.85. The zero-order valence-electron chi connectivity index (χ0n) is 17.0. The second kappa shape index (κ2) is 8.95. The number of hydrogen-bond donors (Lipinski definition) is 1. The molecule has 1 heterocycles. The molecule has 30 heavy (non-hydrogen) atoms. The maximum Gasteiger partial charge on any atom is 0.220 e. The molecule has 1 amide bonds. The van der Waals surface area contributed by atoms with Crippen molar-refractivity contribution < 1.29 is 9.18 Å². The number of para-hydroxylation sites is 1. The number of nitrogens with one attached hydrogen (secondary N) is 1. The van der Waals surface area contributed by atoms with Crippen LogP contribution < -0.4 is 5.32 Å². The van der Waals surface area contributed by atoms with Crippen LogP contribution in [0.2, 0.25) is 0 Å². The molecule has 0 unspecified atom stereocenters. The minimum absolute atomic E-state index is 0.0253. The van der Waals surface area contributed by atoms with Gasteiger partial charge in [0.2, 0.25) is 5.91 Å². The number of halogens is 1. The van der Waals surface area contributed by atoms with Gasteiger partial charge in [-0.05, 0) is 36.6 Å². The summed E-state index contributed by atoms with van der Waals surface area (Å²) in [6.07, 6.45) is 3.09. The Hall–Kier alpha value is -3.40. The van der Waals surface area contributed by atoms with Gasteiger partial charge in [-0.2, -0.15) is 0 Å². The number of rotatable bonds is 7. The van der Waals surface area contributed by atoms with Gasteiger partial charge in [-0.3, -0.25) is 4.79 Å². The Morgan fingerprint density at radius 1 is 0.933 bits per heavy atom. The highest BCUT2D eigenvalue weighted by Gasteiger charge is 2.13. The number of benzene rings is 3. The fraction of sp³-hybridized carbons (Fsp3) is 0.192. The Morgan fingerprint density at radius 2 is 1.63 bits per heavy atom. The minimum atomic E-state index is -0.203. The van der Waals surface area contributed by atoms with Crippen LogP contribution in [0.3, 0.4) is 0 Å². The number of hydrogen-bond acceptors (Lipinski definition) is 1. The first-order valence-electron chi connectivity index (χ1n) is 10.3. The first-order chi connectivity index (χ1) is 14.6. The van der Waals surface area contributed by atoms with Gasteiger partial charge in [-0.1, -0.05) is 66.7 Å². The average molecular weight is 400 g/mol. The highest BCUT2D eigenvalue weighted by molar-refractivity contribution is 5.85. The van der Waals surface area contributed by atoms with Crippen LogP contribution in [0.5, 0.6) is 0 Å². The molecular weight excluding hydrogens is 375 g/mol. The Labute approximate surface area is 176 Å². The van der Waals surface area contributed by atoms with E-state index in [0.29, 0.717) is 24.9 Å². The fourth-order valence-corrected chi connectivity index (χ4v) is 3.85. The third-order valence-electron chi connectivity index (χ3n) is 5.47. The maximum atomic E-state index is 14.1. The molecular formula is C26H25FN2O. The predicted molar refractivity (Wildman–Crippen MR) is 119 cm³/mol. The molecule has 3 aromatic carbocycles. The quantitative estimate of drug-likeness (QED) is 0.428. The van der Waals surface area contributed by atoms with E-state index in [0.717, 1.165) is 22.0 Å². The van der Waals surface area contributed by atoms with E-state index >= 15 is 0 Å². The summed E-state index contributed by atoms with van der Waals surface area (Å²) in [5.74, 6) is -0.177. The lowest BCUT2D eigenvalue weighted by atomic mass is 10.1. The van der Waals surface area contributed by atoms with Gasteiger partial charge in [0.25, 0.3) is 0 Å². The molecule has 1 atom stereocenters. The molecule has 4 aromatic rings. The van der Waals surface area contributed by atoms with Crippen molar-refractivity contribution in [1.29, 1.82) is 0 Å². The van der Waals surface area contributed by atoms with Crippen molar-refractivity contribution in [3.63, 3.8) is 0 Å². The molecule has 3 nitrogen and oxygen atoms in total. The second-order valence-electron chi connectivity index (χ2n) is 7.59. The summed E-state index contributed by atoms with van der Waals surface area (Å²) in [4.78, 5) is 12.5. The van der Waals surface area contributed by atoms with E-state index in [-0.39, 0.29) is 17.8 Å². The summed E-state index contributed by atoms with van der Waals surface area (Å²) in [5, 5.41) is 4.18. The van der Waals surface area contributed by atoms with Crippen molar-refractivity contribution in [2.75, 3.05) is 0 Å². The lowest BCUT2D eigenvalue weighted by Crippen LogP contribution is -2.26. The summed E-state index contributed by atoms with van der Waals surface area (Å²) in [5.41, 5.74) is 3.89. The summed E-state index contributed by atoms with van der Waals surface area (Å²) >= 11 is 0. The van der Waals surface area contributed by atoms with Crippen LogP contribution >= 0.6 is 0 Å². The number of fused-ring (bicyclic) bond motifs is 1. The van der Waals surface area contributed by atoms with E-state index < -0.39 is 0 Å². The van der Waals surface area contributed by atoms with E-state index in [9.17, 15) is 9.18 Å². The van der Waals surface area contributed by atoms with E-state index in [1.807, 2.05) is 73.8 Å². The number of amides is 1. The third-order valence-corrected chi connectivity index (χ3v) is 5.47. The zero-order chi connectivity index (χ0) is 20.9. The second-order valence-corrected chi connectivity index (χ2v) is 7.59. The summed E-state index contributed by atoms with van der Waals surface area (Å²) in [6.45, 7) is 2.46. The molecule has 0 spiro atoms.